The molecule has 0 saturated heterocycles. The second kappa shape index (κ2) is 8.54. The minimum atomic E-state index is -3.24. The van der Waals surface area contributed by atoms with Crippen LogP contribution in [-0.2, 0) is 23.0 Å². The Labute approximate surface area is 161 Å². The largest absolute Gasteiger partial charge is 0.354 e. The van der Waals surface area contributed by atoms with Crippen LogP contribution in [0.1, 0.15) is 30.5 Å². The molecule has 0 aromatic heterocycles. The Bertz CT molecular complexity index is 889. The van der Waals surface area contributed by atoms with Gasteiger partial charge in [-0.15, -0.1) is 0 Å². The highest BCUT2D eigenvalue weighted by atomic mass is 32.2. The van der Waals surface area contributed by atoms with Crippen molar-refractivity contribution in [1.29, 1.82) is 0 Å². The lowest BCUT2D eigenvalue weighted by Crippen LogP contribution is -2.30. The summed E-state index contributed by atoms with van der Waals surface area (Å²) in [4.78, 5) is 4.32. The molecule has 3 N–H and O–H groups in total. The zero-order valence-electron chi connectivity index (χ0n) is 15.7. The molecule has 0 amide bonds. The van der Waals surface area contributed by atoms with Gasteiger partial charge >= 0.3 is 0 Å². The van der Waals surface area contributed by atoms with Crippen molar-refractivity contribution in [2.24, 2.45) is 4.99 Å². The fraction of sp³-hybridized carbons (Fsp3) is 0.350. The van der Waals surface area contributed by atoms with Gasteiger partial charge in [0.1, 0.15) is 0 Å². The Morgan fingerprint density at radius 3 is 2.15 bits per heavy atom. The summed E-state index contributed by atoms with van der Waals surface area (Å²) >= 11 is 0. The van der Waals surface area contributed by atoms with Crippen molar-refractivity contribution in [3.05, 3.63) is 65.2 Å². The smallest absolute Gasteiger partial charge is 0.214 e. The second-order valence-electron chi connectivity index (χ2n) is 6.89. The SMILES string of the molecule is CC(C)S(=O)(=O)NCc1ccc(Cc2ccc(NC3=NCCN3)cc2)cc1. The van der Waals surface area contributed by atoms with Crippen molar-refractivity contribution in [2.45, 2.75) is 32.1 Å². The molecule has 1 heterocycles. The highest BCUT2D eigenvalue weighted by molar-refractivity contribution is 7.90. The second-order valence-corrected chi connectivity index (χ2v) is 9.21. The van der Waals surface area contributed by atoms with Crippen LogP contribution in [0, 0.1) is 0 Å². The summed E-state index contributed by atoms with van der Waals surface area (Å²) in [6, 6.07) is 16.3. The highest BCUT2D eigenvalue weighted by Crippen LogP contribution is 2.15. The number of nitrogens with zero attached hydrogens (tertiary/aromatic N) is 1. The van der Waals surface area contributed by atoms with Crippen molar-refractivity contribution < 1.29 is 8.42 Å². The predicted octanol–water partition coefficient (Wildman–Crippen LogP) is 2.48. The predicted molar refractivity (Wildman–Crippen MR) is 111 cm³/mol. The van der Waals surface area contributed by atoms with E-state index in [4.69, 9.17) is 0 Å². The molecule has 27 heavy (non-hydrogen) atoms. The van der Waals surface area contributed by atoms with Gasteiger partial charge in [0.25, 0.3) is 0 Å². The summed E-state index contributed by atoms with van der Waals surface area (Å²) in [6.07, 6.45) is 0.831. The van der Waals surface area contributed by atoms with Crippen LogP contribution in [0.3, 0.4) is 0 Å². The molecule has 2 aromatic rings. The zero-order valence-corrected chi connectivity index (χ0v) is 16.5. The van der Waals surface area contributed by atoms with E-state index in [0.29, 0.717) is 6.54 Å². The normalized spacial score (nSPS) is 14.1. The van der Waals surface area contributed by atoms with Crippen molar-refractivity contribution in [3.8, 4) is 0 Å². The highest BCUT2D eigenvalue weighted by Gasteiger charge is 2.14. The van der Waals surface area contributed by atoms with Crippen LogP contribution in [-0.4, -0.2) is 32.7 Å². The van der Waals surface area contributed by atoms with E-state index < -0.39 is 15.3 Å². The average molecular weight is 387 g/mol. The molecular formula is C20H26N4O2S. The number of aliphatic imine (C=N–C) groups is 1. The summed E-state index contributed by atoms with van der Waals surface area (Å²) in [5.74, 6) is 0.825. The number of rotatable bonds is 7. The van der Waals surface area contributed by atoms with Gasteiger partial charge in [-0.05, 0) is 49.1 Å². The monoisotopic (exact) mass is 386 g/mol. The van der Waals surface area contributed by atoms with Gasteiger partial charge in [-0.25, -0.2) is 13.1 Å². The van der Waals surface area contributed by atoms with Crippen LogP contribution in [0.2, 0.25) is 0 Å². The number of hydrogen-bond acceptors (Lipinski definition) is 5. The topological polar surface area (TPSA) is 82.6 Å². The van der Waals surface area contributed by atoms with Crippen LogP contribution in [0.4, 0.5) is 5.69 Å². The molecule has 2 aromatic carbocycles. The van der Waals surface area contributed by atoms with E-state index in [1.807, 2.05) is 36.4 Å². The number of benzene rings is 2. The molecule has 0 atom stereocenters. The van der Waals surface area contributed by atoms with E-state index in [0.717, 1.165) is 36.7 Å². The van der Waals surface area contributed by atoms with Crippen LogP contribution < -0.4 is 15.4 Å². The summed E-state index contributed by atoms with van der Waals surface area (Å²) in [5, 5.41) is 6.02. The minimum absolute atomic E-state index is 0.319. The molecule has 0 aliphatic carbocycles. The van der Waals surface area contributed by atoms with E-state index in [9.17, 15) is 8.42 Å². The summed E-state index contributed by atoms with van der Waals surface area (Å²) in [7, 11) is -3.24. The van der Waals surface area contributed by atoms with E-state index in [2.05, 4.69) is 32.5 Å². The van der Waals surface area contributed by atoms with Crippen molar-refractivity contribution in [2.75, 3.05) is 18.4 Å². The van der Waals surface area contributed by atoms with E-state index in [1.54, 1.807) is 13.8 Å². The molecule has 1 aliphatic heterocycles. The number of guanidine groups is 1. The quantitative estimate of drug-likeness (QED) is 0.683. The lowest BCUT2D eigenvalue weighted by molar-refractivity contribution is 0.572. The number of sulfonamides is 1. The van der Waals surface area contributed by atoms with Crippen LogP contribution in [0.15, 0.2) is 53.5 Å². The maximum absolute atomic E-state index is 11.8. The van der Waals surface area contributed by atoms with Crippen LogP contribution in [0.5, 0.6) is 0 Å². The molecule has 0 bridgehead atoms. The standard InChI is InChI=1S/C20H26N4O2S/c1-15(2)27(25,26)23-14-18-5-3-16(4-6-18)13-17-7-9-19(10-8-17)24-20-21-11-12-22-20/h3-10,15,23H,11-14H2,1-2H3,(H2,21,22,24). The molecule has 1 aliphatic rings. The molecule has 0 unspecified atom stereocenters. The van der Waals surface area contributed by atoms with Gasteiger partial charge in [0, 0.05) is 18.8 Å². The first-order chi connectivity index (χ1) is 12.9. The van der Waals surface area contributed by atoms with Gasteiger partial charge in [0.05, 0.1) is 11.8 Å². The first-order valence-electron chi connectivity index (χ1n) is 9.13. The zero-order chi connectivity index (χ0) is 19.3. The molecule has 7 heteroatoms. The Hall–Kier alpha value is -2.38. The van der Waals surface area contributed by atoms with Crippen molar-refractivity contribution in [1.82, 2.24) is 10.0 Å². The van der Waals surface area contributed by atoms with E-state index >= 15 is 0 Å². The van der Waals surface area contributed by atoms with Crippen LogP contribution >= 0.6 is 0 Å². The Kier molecular flexibility index (Phi) is 6.13. The average Bonchev–Trinajstić information content (AvgIpc) is 3.16. The van der Waals surface area contributed by atoms with Gasteiger partial charge in [-0.1, -0.05) is 36.4 Å². The summed E-state index contributed by atoms with van der Waals surface area (Å²) < 4.78 is 26.3. The molecule has 0 fully saturated rings. The lowest BCUT2D eigenvalue weighted by atomic mass is 10.0. The van der Waals surface area contributed by atoms with Crippen molar-refractivity contribution >= 4 is 21.7 Å². The van der Waals surface area contributed by atoms with Gasteiger partial charge in [-0.2, -0.15) is 0 Å². The maximum atomic E-state index is 11.8. The third kappa shape index (κ3) is 5.55. The van der Waals surface area contributed by atoms with Crippen LogP contribution in [0.25, 0.3) is 0 Å². The summed E-state index contributed by atoms with van der Waals surface area (Å²) in [6.45, 7) is 5.36. The molecule has 0 radical (unpaired) electrons. The minimum Gasteiger partial charge on any atom is -0.354 e. The molecule has 3 rings (SSSR count). The van der Waals surface area contributed by atoms with Gasteiger partial charge in [0.2, 0.25) is 10.0 Å². The Balaban J connectivity index is 1.55. The van der Waals surface area contributed by atoms with Gasteiger partial charge in [0.15, 0.2) is 5.96 Å². The Morgan fingerprint density at radius 1 is 1.00 bits per heavy atom. The first-order valence-corrected chi connectivity index (χ1v) is 10.7. The fourth-order valence-electron chi connectivity index (χ4n) is 2.69. The van der Waals surface area contributed by atoms with E-state index in [1.165, 1.54) is 11.1 Å². The lowest BCUT2D eigenvalue weighted by Gasteiger charge is -2.10. The molecular weight excluding hydrogens is 360 g/mol. The van der Waals surface area contributed by atoms with Gasteiger partial charge < -0.3 is 10.6 Å². The third-order valence-electron chi connectivity index (χ3n) is 4.42. The first kappa shape index (κ1) is 19.4. The maximum Gasteiger partial charge on any atom is 0.214 e. The number of hydrogen-bond donors (Lipinski definition) is 3. The molecule has 0 saturated carbocycles. The molecule has 144 valence electrons. The Morgan fingerprint density at radius 2 is 1.59 bits per heavy atom. The molecule has 6 nitrogen and oxygen atoms in total. The number of nitrogens with one attached hydrogen (secondary N) is 3. The fourth-order valence-corrected chi connectivity index (χ4v) is 3.39. The molecule has 0 spiro atoms. The summed E-state index contributed by atoms with van der Waals surface area (Å²) in [5.41, 5.74) is 4.37. The third-order valence-corrected chi connectivity index (χ3v) is 6.21. The van der Waals surface area contributed by atoms with Gasteiger partial charge in [-0.3, -0.25) is 4.99 Å². The van der Waals surface area contributed by atoms with Crippen molar-refractivity contribution in [3.63, 3.8) is 0 Å². The van der Waals surface area contributed by atoms with E-state index in [-0.39, 0.29) is 0 Å². The number of anilines is 1.